The van der Waals surface area contributed by atoms with Gasteiger partial charge in [-0.3, -0.25) is 4.90 Å². The maximum atomic E-state index is 12.2. The van der Waals surface area contributed by atoms with Crippen LogP contribution in [-0.2, 0) is 6.54 Å². The summed E-state index contributed by atoms with van der Waals surface area (Å²) in [6.45, 7) is 2.23. The summed E-state index contributed by atoms with van der Waals surface area (Å²) in [7, 11) is 0. The number of carbonyl (C=O) groups is 1. The van der Waals surface area contributed by atoms with Crippen molar-refractivity contribution >= 4 is 6.09 Å². The van der Waals surface area contributed by atoms with Gasteiger partial charge in [-0.2, -0.15) is 14.0 Å². The molecule has 114 valence electrons. The van der Waals surface area contributed by atoms with Crippen LogP contribution in [0.1, 0.15) is 31.9 Å². The van der Waals surface area contributed by atoms with E-state index in [-0.39, 0.29) is 17.9 Å². The Balaban J connectivity index is 3.05. The third kappa shape index (κ3) is 4.60. The standard InChI is InChI=1S/C14H16F2N2O3/c1-14(2,3)18(13(19)20)8-9-4-5-11(21-12(15)16)10(6-9)7-17/h4-6,12H,8H2,1-3H3,(H,19,20). The third-order valence-electron chi connectivity index (χ3n) is 2.76. The van der Waals surface area contributed by atoms with Crippen LogP contribution in [-0.4, -0.2) is 28.3 Å². The Labute approximate surface area is 121 Å². The van der Waals surface area contributed by atoms with Crippen molar-refractivity contribution in [3.05, 3.63) is 29.3 Å². The molecule has 0 atom stereocenters. The number of ether oxygens (including phenoxy) is 1. The Morgan fingerprint density at radius 1 is 1.48 bits per heavy atom. The van der Waals surface area contributed by atoms with E-state index in [9.17, 15) is 18.7 Å². The van der Waals surface area contributed by atoms with Crippen LogP contribution in [0.5, 0.6) is 5.75 Å². The number of nitrogens with zero attached hydrogens (tertiary/aromatic N) is 2. The van der Waals surface area contributed by atoms with Gasteiger partial charge in [-0.25, -0.2) is 4.79 Å². The fraction of sp³-hybridized carbons (Fsp3) is 0.429. The van der Waals surface area contributed by atoms with Crippen LogP contribution in [0, 0.1) is 11.3 Å². The second-order valence-electron chi connectivity index (χ2n) is 5.36. The third-order valence-corrected chi connectivity index (χ3v) is 2.76. The molecular formula is C14H16F2N2O3. The predicted octanol–water partition coefficient (Wildman–Crippen LogP) is 3.44. The van der Waals surface area contributed by atoms with E-state index in [4.69, 9.17) is 5.26 Å². The lowest BCUT2D eigenvalue weighted by molar-refractivity contribution is -0.0500. The molecule has 0 aliphatic heterocycles. The summed E-state index contributed by atoms with van der Waals surface area (Å²) < 4.78 is 28.6. The Morgan fingerprint density at radius 3 is 2.52 bits per heavy atom. The minimum atomic E-state index is -3.02. The molecule has 1 aromatic rings. The number of nitriles is 1. The van der Waals surface area contributed by atoms with E-state index in [1.807, 2.05) is 0 Å². The average molecular weight is 298 g/mol. The molecular weight excluding hydrogens is 282 g/mol. The van der Waals surface area contributed by atoms with Gasteiger partial charge in [0, 0.05) is 12.1 Å². The van der Waals surface area contributed by atoms with Crippen molar-refractivity contribution in [1.82, 2.24) is 4.90 Å². The number of rotatable bonds is 4. The molecule has 0 saturated heterocycles. The van der Waals surface area contributed by atoms with Gasteiger partial charge in [0.15, 0.2) is 0 Å². The molecule has 1 rings (SSSR count). The van der Waals surface area contributed by atoms with Gasteiger partial charge < -0.3 is 9.84 Å². The first kappa shape index (κ1) is 16.7. The molecule has 0 bridgehead atoms. The number of amides is 1. The minimum absolute atomic E-state index is 0.0441. The first-order valence-electron chi connectivity index (χ1n) is 6.13. The molecule has 0 aliphatic carbocycles. The lowest BCUT2D eigenvalue weighted by Crippen LogP contribution is -2.44. The zero-order chi connectivity index (χ0) is 16.2. The number of carboxylic acid groups (broad SMARTS) is 1. The second kappa shape index (κ2) is 6.39. The molecule has 0 fully saturated rings. The highest BCUT2D eigenvalue weighted by Gasteiger charge is 2.26. The molecule has 7 heteroatoms. The number of alkyl halides is 2. The van der Waals surface area contributed by atoms with Gasteiger partial charge in [-0.05, 0) is 38.5 Å². The van der Waals surface area contributed by atoms with Crippen molar-refractivity contribution in [2.45, 2.75) is 39.5 Å². The van der Waals surface area contributed by atoms with Crippen molar-refractivity contribution in [1.29, 1.82) is 5.26 Å². The molecule has 0 unspecified atom stereocenters. The maximum absolute atomic E-state index is 12.2. The van der Waals surface area contributed by atoms with Gasteiger partial charge in [0.1, 0.15) is 11.8 Å². The topological polar surface area (TPSA) is 73.6 Å². The van der Waals surface area contributed by atoms with Gasteiger partial charge in [-0.15, -0.1) is 0 Å². The molecule has 0 radical (unpaired) electrons. The van der Waals surface area contributed by atoms with Crippen LogP contribution in [0.2, 0.25) is 0 Å². The van der Waals surface area contributed by atoms with Gasteiger partial charge in [0.2, 0.25) is 0 Å². The number of hydrogen-bond acceptors (Lipinski definition) is 3. The number of hydrogen-bond donors (Lipinski definition) is 1. The Bertz CT molecular complexity index is 562. The van der Waals surface area contributed by atoms with Crippen LogP contribution < -0.4 is 4.74 Å². The van der Waals surface area contributed by atoms with Crippen LogP contribution >= 0.6 is 0 Å². The van der Waals surface area contributed by atoms with E-state index in [0.717, 1.165) is 0 Å². The molecule has 0 aliphatic rings. The van der Waals surface area contributed by atoms with E-state index in [1.54, 1.807) is 26.8 Å². The van der Waals surface area contributed by atoms with Crippen molar-refractivity contribution in [3.63, 3.8) is 0 Å². The first-order chi connectivity index (χ1) is 9.65. The summed E-state index contributed by atoms with van der Waals surface area (Å²) in [5.41, 5.74) is -0.172. The lowest BCUT2D eigenvalue weighted by Gasteiger charge is -2.33. The van der Waals surface area contributed by atoms with E-state index in [0.29, 0.717) is 5.56 Å². The molecule has 1 amide bonds. The van der Waals surface area contributed by atoms with Crippen molar-refractivity contribution in [3.8, 4) is 11.8 Å². The normalized spacial score (nSPS) is 11.1. The van der Waals surface area contributed by atoms with Gasteiger partial charge in [0.25, 0.3) is 0 Å². The molecule has 5 nitrogen and oxygen atoms in total. The monoisotopic (exact) mass is 298 g/mol. The van der Waals surface area contributed by atoms with E-state index < -0.39 is 18.2 Å². The van der Waals surface area contributed by atoms with Gasteiger partial charge in [0.05, 0.1) is 5.56 Å². The largest absolute Gasteiger partial charge is 0.465 e. The maximum Gasteiger partial charge on any atom is 0.408 e. The Morgan fingerprint density at radius 2 is 2.10 bits per heavy atom. The highest BCUT2D eigenvalue weighted by Crippen LogP contribution is 2.24. The fourth-order valence-electron chi connectivity index (χ4n) is 1.74. The summed E-state index contributed by atoms with van der Waals surface area (Å²) in [6.07, 6.45) is -1.10. The highest BCUT2D eigenvalue weighted by molar-refractivity contribution is 5.66. The summed E-state index contributed by atoms with van der Waals surface area (Å²) >= 11 is 0. The van der Waals surface area contributed by atoms with Crippen LogP contribution in [0.3, 0.4) is 0 Å². The highest BCUT2D eigenvalue weighted by atomic mass is 19.3. The smallest absolute Gasteiger partial charge is 0.408 e. The second-order valence-corrected chi connectivity index (χ2v) is 5.36. The summed E-state index contributed by atoms with van der Waals surface area (Å²) in [6, 6.07) is 5.80. The van der Waals surface area contributed by atoms with E-state index >= 15 is 0 Å². The summed E-state index contributed by atoms with van der Waals surface area (Å²) in [5.74, 6) is -0.228. The van der Waals surface area contributed by atoms with Crippen LogP contribution in [0.15, 0.2) is 18.2 Å². The number of halogens is 2. The zero-order valence-electron chi connectivity index (χ0n) is 11.9. The molecule has 0 spiro atoms. The SMILES string of the molecule is CC(C)(C)N(Cc1ccc(OC(F)F)c(C#N)c1)C(=O)O. The first-order valence-corrected chi connectivity index (χ1v) is 6.13. The minimum Gasteiger partial charge on any atom is -0.465 e. The molecule has 21 heavy (non-hydrogen) atoms. The fourth-order valence-corrected chi connectivity index (χ4v) is 1.74. The quantitative estimate of drug-likeness (QED) is 0.924. The van der Waals surface area contributed by atoms with Crippen LogP contribution in [0.4, 0.5) is 13.6 Å². The Hall–Kier alpha value is -2.36. The van der Waals surface area contributed by atoms with Crippen LogP contribution in [0.25, 0.3) is 0 Å². The molecule has 1 aromatic carbocycles. The van der Waals surface area contributed by atoms with Gasteiger partial charge >= 0.3 is 12.7 Å². The van der Waals surface area contributed by atoms with E-state index in [1.165, 1.54) is 23.1 Å². The molecule has 0 saturated carbocycles. The van der Waals surface area contributed by atoms with Gasteiger partial charge in [-0.1, -0.05) is 6.07 Å². The van der Waals surface area contributed by atoms with E-state index in [2.05, 4.69) is 4.74 Å². The van der Waals surface area contributed by atoms with Crippen molar-refractivity contribution < 1.29 is 23.4 Å². The Kier molecular flexibility index (Phi) is 5.08. The molecule has 1 N–H and O–H groups in total. The van der Waals surface area contributed by atoms with Crippen molar-refractivity contribution in [2.24, 2.45) is 0 Å². The summed E-state index contributed by atoms with van der Waals surface area (Å²) in [5, 5.41) is 18.2. The predicted molar refractivity (Wildman–Crippen MR) is 71.1 cm³/mol. The molecule has 0 aromatic heterocycles. The summed E-state index contributed by atoms with van der Waals surface area (Å²) in [4.78, 5) is 12.4. The average Bonchev–Trinajstić information content (AvgIpc) is 2.34. The lowest BCUT2D eigenvalue weighted by atomic mass is 10.0. The van der Waals surface area contributed by atoms with Crippen molar-refractivity contribution in [2.75, 3.05) is 0 Å². The molecule has 0 heterocycles. The zero-order valence-corrected chi connectivity index (χ0v) is 11.9. The number of benzene rings is 1.